The summed E-state index contributed by atoms with van der Waals surface area (Å²) < 4.78 is 13.5. The highest BCUT2D eigenvalue weighted by Gasteiger charge is 2.04. The topological polar surface area (TPSA) is 38.9 Å². The van der Waals surface area contributed by atoms with Crippen LogP contribution in [-0.2, 0) is 13.1 Å². The van der Waals surface area contributed by atoms with E-state index in [1.807, 2.05) is 12.1 Å². The highest BCUT2D eigenvalue weighted by atomic mass is 32.1. The van der Waals surface area contributed by atoms with Gasteiger partial charge in [-0.2, -0.15) is 0 Å². The van der Waals surface area contributed by atoms with E-state index in [1.165, 1.54) is 0 Å². The van der Waals surface area contributed by atoms with Crippen molar-refractivity contribution >= 4 is 21.6 Å². The zero-order chi connectivity index (χ0) is 10.7. The van der Waals surface area contributed by atoms with Gasteiger partial charge in [-0.1, -0.05) is 6.07 Å². The molecule has 0 unspecified atom stereocenters. The number of aryl methyl sites for hydroxylation is 1. The van der Waals surface area contributed by atoms with Crippen molar-refractivity contribution in [3.05, 3.63) is 28.8 Å². The van der Waals surface area contributed by atoms with Crippen LogP contribution in [0, 0.1) is 0 Å². The van der Waals surface area contributed by atoms with E-state index in [2.05, 4.69) is 4.98 Å². The average molecular weight is 224 g/mol. The lowest BCUT2D eigenvalue weighted by atomic mass is 10.2. The number of fused-ring (bicyclic) bond motifs is 1. The van der Waals surface area contributed by atoms with E-state index in [9.17, 15) is 4.39 Å². The summed E-state index contributed by atoms with van der Waals surface area (Å²) in [6.45, 7) is 0.275. The minimum Gasteiger partial charge on any atom is -0.330 e. The van der Waals surface area contributed by atoms with Crippen LogP contribution in [0.15, 0.2) is 18.2 Å². The van der Waals surface area contributed by atoms with Crippen molar-refractivity contribution in [2.75, 3.05) is 6.54 Å². The van der Waals surface area contributed by atoms with Crippen molar-refractivity contribution in [1.29, 1.82) is 0 Å². The predicted octanol–water partition coefficient (Wildman–Crippen LogP) is 2.66. The third-order valence-electron chi connectivity index (χ3n) is 2.25. The van der Waals surface area contributed by atoms with Gasteiger partial charge in [0.2, 0.25) is 0 Å². The summed E-state index contributed by atoms with van der Waals surface area (Å²) in [6, 6.07) is 5.54. The number of rotatable bonds is 4. The molecule has 15 heavy (non-hydrogen) atoms. The molecule has 0 aliphatic rings. The molecule has 1 aromatic carbocycles. The Morgan fingerprint density at radius 2 is 2.27 bits per heavy atom. The van der Waals surface area contributed by atoms with E-state index >= 15 is 0 Å². The molecular formula is C11H13FN2S. The number of thiazole rings is 1. The number of benzene rings is 1. The second kappa shape index (κ2) is 4.68. The van der Waals surface area contributed by atoms with Crippen LogP contribution < -0.4 is 5.73 Å². The molecule has 0 bridgehead atoms. The van der Waals surface area contributed by atoms with Crippen LogP contribution in [0.1, 0.15) is 17.0 Å². The molecule has 2 aromatic rings. The Morgan fingerprint density at radius 1 is 1.40 bits per heavy atom. The lowest BCUT2D eigenvalue weighted by Gasteiger charge is -1.91. The summed E-state index contributed by atoms with van der Waals surface area (Å²) in [5, 5.41) is 1.09. The maximum atomic E-state index is 12.4. The average Bonchev–Trinajstić information content (AvgIpc) is 2.67. The standard InChI is InChI=1S/C11H13FN2S/c12-7-8-3-4-9-10(6-8)15-11(14-9)2-1-5-13/h3-4,6H,1-2,5,7,13H2. The number of nitrogens with two attached hydrogens (primary N) is 1. The fourth-order valence-electron chi connectivity index (χ4n) is 1.46. The van der Waals surface area contributed by atoms with Crippen molar-refractivity contribution in [1.82, 2.24) is 4.98 Å². The monoisotopic (exact) mass is 224 g/mol. The summed E-state index contributed by atoms with van der Waals surface area (Å²) in [5.41, 5.74) is 7.12. The molecule has 4 heteroatoms. The molecule has 2 nitrogen and oxygen atoms in total. The number of halogens is 1. The molecule has 0 aliphatic heterocycles. The van der Waals surface area contributed by atoms with E-state index in [1.54, 1.807) is 17.4 Å². The normalized spacial score (nSPS) is 11.1. The summed E-state index contributed by atoms with van der Waals surface area (Å²) in [4.78, 5) is 4.47. The van der Waals surface area contributed by atoms with Crippen LogP contribution in [-0.4, -0.2) is 11.5 Å². The molecule has 80 valence electrons. The first-order chi connectivity index (χ1) is 7.33. The molecule has 0 aliphatic carbocycles. The SMILES string of the molecule is NCCCc1nc2ccc(CF)cc2s1. The van der Waals surface area contributed by atoms with Gasteiger partial charge in [0.25, 0.3) is 0 Å². The van der Waals surface area contributed by atoms with E-state index in [-0.39, 0.29) is 0 Å². The fraction of sp³-hybridized carbons (Fsp3) is 0.364. The molecule has 1 heterocycles. The van der Waals surface area contributed by atoms with Gasteiger partial charge in [-0.3, -0.25) is 0 Å². The van der Waals surface area contributed by atoms with Gasteiger partial charge in [-0.25, -0.2) is 9.37 Å². The molecule has 1 aromatic heterocycles. The Bertz CT molecular complexity index is 453. The van der Waals surface area contributed by atoms with E-state index < -0.39 is 6.67 Å². The summed E-state index contributed by atoms with van der Waals surface area (Å²) in [6.07, 6.45) is 1.87. The molecule has 0 atom stereocenters. The Kier molecular flexibility index (Phi) is 3.28. The van der Waals surface area contributed by atoms with E-state index in [4.69, 9.17) is 5.73 Å². The Hall–Kier alpha value is -1.000. The van der Waals surface area contributed by atoms with Crippen LogP contribution in [0.4, 0.5) is 4.39 Å². The second-order valence-corrected chi connectivity index (χ2v) is 4.55. The first-order valence-electron chi connectivity index (χ1n) is 4.98. The molecule has 0 amide bonds. The van der Waals surface area contributed by atoms with Gasteiger partial charge in [-0.05, 0) is 30.7 Å². The minimum absolute atomic E-state index is 0.411. The fourth-order valence-corrected chi connectivity index (χ4v) is 2.53. The maximum absolute atomic E-state index is 12.4. The number of nitrogens with zero attached hydrogens (tertiary/aromatic N) is 1. The Balaban J connectivity index is 2.29. The van der Waals surface area contributed by atoms with E-state index in [0.717, 1.165) is 33.6 Å². The Labute approximate surface area is 91.9 Å². The van der Waals surface area contributed by atoms with Crippen molar-refractivity contribution < 1.29 is 4.39 Å². The van der Waals surface area contributed by atoms with Crippen molar-refractivity contribution in [3.8, 4) is 0 Å². The number of aromatic nitrogens is 1. The number of hydrogen-bond donors (Lipinski definition) is 1. The first kappa shape index (κ1) is 10.5. The first-order valence-corrected chi connectivity index (χ1v) is 5.79. The molecule has 0 saturated carbocycles. The molecular weight excluding hydrogens is 211 g/mol. The van der Waals surface area contributed by atoms with Crippen LogP contribution in [0.25, 0.3) is 10.2 Å². The minimum atomic E-state index is -0.411. The van der Waals surface area contributed by atoms with Crippen LogP contribution in [0.2, 0.25) is 0 Å². The molecule has 0 radical (unpaired) electrons. The van der Waals surface area contributed by atoms with Crippen molar-refractivity contribution in [3.63, 3.8) is 0 Å². The van der Waals surface area contributed by atoms with E-state index in [0.29, 0.717) is 6.54 Å². The van der Waals surface area contributed by atoms with Gasteiger partial charge in [0, 0.05) is 6.42 Å². The highest BCUT2D eigenvalue weighted by molar-refractivity contribution is 7.18. The highest BCUT2D eigenvalue weighted by Crippen LogP contribution is 2.24. The summed E-state index contributed by atoms with van der Waals surface area (Å²) in [7, 11) is 0. The Morgan fingerprint density at radius 3 is 3.00 bits per heavy atom. The zero-order valence-electron chi connectivity index (χ0n) is 8.37. The smallest absolute Gasteiger partial charge is 0.115 e. The predicted molar refractivity (Wildman–Crippen MR) is 61.8 cm³/mol. The lowest BCUT2D eigenvalue weighted by Crippen LogP contribution is -1.99. The quantitative estimate of drug-likeness (QED) is 0.867. The molecule has 0 fully saturated rings. The van der Waals surface area contributed by atoms with Gasteiger partial charge in [-0.15, -0.1) is 11.3 Å². The molecule has 0 saturated heterocycles. The summed E-state index contributed by atoms with van der Waals surface area (Å²) >= 11 is 1.63. The molecule has 0 spiro atoms. The van der Waals surface area contributed by atoms with Crippen molar-refractivity contribution in [2.24, 2.45) is 5.73 Å². The number of alkyl halides is 1. The second-order valence-electron chi connectivity index (χ2n) is 3.44. The number of hydrogen-bond acceptors (Lipinski definition) is 3. The van der Waals surface area contributed by atoms with Crippen LogP contribution in [0.3, 0.4) is 0 Å². The van der Waals surface area contributed by atoms with Gasteiger partial charge in [0.15, 0.2) is 0 Å². The molecule has 2 N–H and O–H groups in total. The van der Waals surface area contributed by atoms with Gasteiger partial charge in [0.05, 0.1) is 15.2 Å². The third-order valence-corrected chi connectivity index (χ3v) is 3.32. The lowest BCUT2D eigenvalue weighted by molar-refractivity contribution is 0.485. The van der Waals surface area contributed by atoms with Gasteiger partial charge in [0.1, 0.15) is 6.67 Å². The summed E-state index contributed by atoms with van der Waals surface area (Å²) in [5.74, 6) is 0. The van der Waals surface area contributed by atoms with Gasteiger partial charge >= 0.3 is 0 Å². The zero-order valence-corrected chi connectivity index (χ0v) is 9.19. The van der Waals surface area contributed by atoms with Gasteiger partial charge < -0.3 is 5.73 Å². The van der Waals surface area contributed by atoms with Crippen LogP contribution in [0.5, 0.6) is 0 Å². The third kappa shape index (κ3) is 2.33. The largest absolute Gasteiger partial charge is 0.330 e. The maximum Gasteiger partial charge on any atom is 0.115 e. The van der Waals surface area contributed by atoms with Crippen LogP contribution >= 0.6 is 11.3 Å². The van der Waals surface area contributed by atoms with Crippen molar-refractivity contribution in [2.45, 2.75) is 19.5 Å². The molecule has 2 rings (SSSR count).